The fourth-order valence-corrected chi connectivity index (χ4v) is 4.32. The second-order valence-corrected chi connectivity index (χ2v) is 6.76. The Morgan fingerprint density at radius 1 is 1.37 bits per heavy atom. The Labute approximate surface area is 122 Å². The SMILES string of the molecule is CCCC[C@@H]1CC(=O)C[C@]2(CCCCCl)CCCN12. The number of piperidine rings is 1. The summed E-state index contributed by atoms with van der Waals surface area (Å²) in [6, 6.07) is 0.528. The van der Waals surface area contributed by atoms with Crippen LogP contribution < -0.4 is 0 Å². The minimum absolute atomic E-state index is 0.208. The Morgan fingerprint density at radius 3 is 2.95 bits per heavy atom. The van der Waals surface area contributed by atoms with Gasteiger partial charge in [0.15, 0.2) is 0 Å². The van der Waals surface area contributed by atoms with E-state index in [2.05, 4.69) is 11.8 Å². The quantitative estimate of drug-likeness (QED) is 0.517. The fourth-order valence-electron chi connectivity index (χ4n) is 4.13. The molecule has 2 rings (SSSR count). The van der Waals surface area contributed by atoms with Crippen molar-refractivity contribution in [2.24, 2.45) is 0 Å². The molecule has 0 saturated carbocycles. The molecule has 110 valence electrons. The predicted octanol–water partition coefficient (Wildman–Crippen LogP) is 4.15. The summed E-state index contributed by atoms with van der Waals surface area (Å²) in [6.45, 7) is 3.45. The summed E-state index contributed by atoms with van der Waals surface area (Å²) in [4.78, 5) is 14.9. The van der Waals surface area contributed by atoms with Crippen LogP contribution in [-0.2, 0) is 4.79 Å². The second-order valence-electron chi connectivity index (χ2n) is 6.38. The number of ketones is 1. The lowest BCUT2D eigenvalue weighted by Crippen LogP contribution is -2.55. The maximum Gasteiger partial charge on any atom is 0.136 e. The summed E-state index contributed by atoms with van der Waals surface area (Å²) in [5.74, 6) is 1.26. The van der Waals surface area contributed by atoms with Crippen LogP contribution in [0.3, 0.4) is 0 Å². The third-order valence-electron chi connectivity index (χ3n) is 5.00. The van der Waals surface area contributed by atoms with E-state index in [1.807, 2.05) is 0 Å². The molecule has 2 nitrogen and oxygen atoms in total. The van der Waals surface area contributed by atoms with E-state index >= 15 is 0 Å². The molecule has 2 fully saturated rings. The highest BCUT2D eigenvalue weighted by Crippen LogP contribution is 2.43. The minimum Gasteiger partial charge on any atom is -0.300 e. The number of carbonyl (C=O) groups is 1. The van der Waals surface area contributed by atoms with E-state index in [1.165, 1.54) is 51.5 Å². The van der Waals surface area contributed by atoms with Gasteiger partial charge in [-0.15, -0.1) is 11.6 Å². The number of Topliss-reactive ketones (excluding diaryl/α,β-unsaturated/α-hetero) is 1. The summed E-state index contributed by atoms with van der Waals surface area (Å²) in [5.41, 5.74) is 0.208. The molecule has 0 bridgehead atoms. The van der Waals surface area contributed by atoms with Gasteiger partial charge < -0.3 is 0 Å². The first-order valence-electron chi connectivity index (χ1n) is 8.06. The molecular weight excluding hydrogens is 258 g/mol. The van der Waals surface area contributed by atoms with Crippen LogP contribution in [0.15, 0.2) is 0 Å². The van der Waals surface area contributed by atoms with Gasteiger partial charge in [0.05, 0.1) is 0 Å². The van der Waals surface area contributed by atoms with Crippen molar-refractivity contribution in [3.63, 3.8) is 0 Å². The lowest BCUT2D eigenvalue weighted by atomic mass is 9.78. The molecule has 0 aliphatic carbocycles. The zero-order valence-corrected chi connectivity index (χ0v) is 13.1. The van der Waals surface area contributed by atoms with E-state index in [9.17, 15) is 4.79 Å². The molecule has 3 heteroatoms. The molecule has 0 N–H and O–H groups in total. The van der Waals surface area contributed by atoms with E-state index in [-0.39, 0.29) is 5.54 Å². The molecule has 2 saturated heterocycles. The van der Waals surface area contributed by atoms with Gasteiger partial charge >= 0.3 is 0 Å². The summed E-state index contributed by atoms with van der Waals surface area (Å²) in [6.07, 6.45) is 11.2. The van der Waals surface area contributed by atoms with Gasteiger partial charge in [-0.1, -0.05) is 26.2 Å². The van der Waals surface area contributed by atoms with E-state index < -0.39 is 0 Å². The molecular formula is C16H28ClNO. The Kier molecular flexibility index (Phi) is 5.70. The van der Waals surface area contributed by atoms with Crippen molar-refractivity contribution >= 4 is 17.4 Å². The van der Waals surface area contributed by atoms with Crippen molar-refractivity contribution in [2.45, 2.75) is 82.7 Å². The summed E-state index contributed by atoms with van der Waals surface area (Å²) < 4.78 is 0. The van der Waals surface area contributed by atoms with Gasteiger partial charge in [0.1, 0.15) is 5.78 Å². The zero-order valence-electron chi connectivity index (χ0n) is 12.3. The number of rotatable bonds is 7. The largest absolute Gasteiger partial charge is 0.300 e. The first-order chi connectivity index (χ1) is 9.22. The number of hydrogen-bond donors (Lipinski definition) is 0. The van der Waals surface area contributed by atoms with E-state index in [0.29, 0.717) is 11.8 Å². The standard InChI is InChI=1S/C16H28ClNO/c1-2-3-7-14-12-15(19)13-16(8-4-5-10-17)9-6-11-18(14)16/h14H,2-13H2,1H3/t14-,16+/m1/s1. The number of alkyl halides is 1. The fraction of sp³-hybridized carbons (Fsp3) is 0.938. The lowest BCUT2D eigenvalue weighted by Gasteiger charge is -2.47. The van der Waals surface area contributed by atoms with Crippen LogP contribution in [0.2, 0.25) is 0 Å². The molecule has 2 heterocycles. The highest BCUT2D eigenvalue weighted by molar-refractivity contribution is 6.17. The van der Waals surface area contributed by atoms with Gasteiger partial charge in [-0.3, -0.25) is 9.69 Å². The van der Waals surface area contributed by atoms with Crippen molar-refractivity contribution < 1.29 is 4.79 Å². The molecule has 0 radical (unpaired) electrons. The topological polar surface area (TPSA) is 20.3 Å². The van der Waals surface area contributed by atoms with Gasteiger partial charge in [0, 0.05) is 30.3 Å². The number of carbonyl (C=O) groups excluding carboxylic acids is 1. The van der Waals surface area contributed by atoms with E-state index in [4.69, 9.17) is 11.6 Å². The Morgan fingerprint density at radius 2 is 2.21 bits per heavy atom. The summed E-state index contributed by atoms with van der Waals surface area (Å²) in [7, 11) is 0. The van der Waals surface area contributed by atoms with Crippen LogP contribution in [0.4, 0.5) is 0 Å². The molecule has 0 aromatic heterocycles. The summed E-state index contributed by atoms with van der Waals surface area (Å²) >= 11 is 5.81. The monoisotopic (exact) mass is 285 g/mol. The van der Waals surface area contributed by atoms with Crippen molar-refractivity contribution in [3.8, 4) is 0 Å². The number of halogens is 1. The van der Waals surface area contributed by atoms with Gasteiger partial charge in [-0.2, -0.15) is 0 Å². The van der Waals surface area contributed by atoms with E-state index in [1.54, 1.807) is 0 Å². The molecule has 0 unspecified atom stereocenters. The van der Waals surface area contributed by atoms with Gasteiger partial charge in [0.2, 0.25) is 0 Å². The van der Waals surface area contributed by atoms with E-state index in [0.717, 1.165) is 25.1 Å². The molecule has 0 spiro atoms. The van der Waals surface area contributed by atoms with Crippen molar-refractivity contribution in [3.05, 3.63) is 0 Å². The van der Waals surface area contributed by atoms with Crippen LogP contribution in [0.25, 0.3) is 0 Å². The maximum absolute atomic E-state index is 12.2. The average Bonchev–Trinajstić information content (AvgIpc) is 2.80. The number of nitrogens with zero attached hydrogens (tertiary/aromatic N) is 1. The van der Waals surface area contributed by atoms with Crippen LogP contribution in [0, 0.1) is 0 Å². The highest BCUT2D eigenvalue weighted by atomic mass is 35.5. The number of hydrogen-bond acceptors (Lipinski definition) is 2. The molecule has 0 aromatic carbocycles. The second kappa shape index (κ2) is 7.08. The van der Waals surface area contributed by atoms with Gasteiger partial charge in [-0.05, 0) is 38.6 Å². The Bertz CT molecular complexity index is 307. The van der Waals surface area contributed by atoms with Gasteiger partial charge in [-0.25, -0.2) is 0 Å². The lowest BCUT2D eigenvalue weighted by molar-refractivity contribution is -0.129. The average molecular weight is 286 g/mol. The van der Waals surface area contributed by atoms with Crippen LogP contribution >= 0.6 is 11.6 Å². The smallest absolute Gasteiger partial charge is 0.136 e. The maximum atomic E-state index is 12.2. The normalized spacial score (nSPS) is 31.7. The van der Waals surface area contributed by atoms with Crippen LogP contribution in [-0.4, -0.2) is 34.7 Å². The third kappa shape index (κ3) is 3.52. The number of fused-ring (bicyclic) bond motifs is 1. The Hall–Kier alpha value is -0.0800. The van der Waals surface area contributed by atoms with Crippen molar-refractivity contribution in [1.82, 2.24) is 4.90 Å². The van der Waals surface area contributed by atoms with Crippen LogP contribution in [0.5, 0.6) is 0 Å². The number of unbranched alkanes of at least 4 members (excludes halogenated alkanes) is 2. The Balaban J connectivity index is 2.03. The van der Waals surface area contributed by atoms with Gasteiger partial charge in [0.25, 0.3) is 0 Å². The highest BCUT2D eigenvalue weighted by Gasteiger charge is 2.48. The van der Waals surface area contributed by atoms with Crippen molar-refractivity contribution in [1.29, 1.82) is 0 Å². The minimum atomic E-state index is 0.208. The first-order valence-corrected chi connectivity index (χ1v) is 8.60. The molecule has 2 aliphatic rings. The molecule has 0 aromatic rings. The summed E-state index contributed by atoms with van der Waals surface area (Å²) in [5, 5.41) is 0. The molecule has 19 heavy (non-hydrogen) atoms. The van der Waals surface area contributed by atoms with Crippen molar-refractivity contribution in [2.75, 3.05) is 12.4 Å². The molecule has 2 atom stereocenters. The molecule has 2 aliphatic heterocycles. The zero-order chi connectivity index (χ0) is 13.7. The first kappa shape index (κ1) is 15.3. The predicted molar refractivity (Wildman–Crippen MR) is 80.8 cm³/mol. The third-order valence-corrected chi connectivity index (χ3v) is 5.26. The molecule has 0 amide bonds. The van der Waals surface area contributed by atoms with Crippen LogP contribution in [0.1, 0.15) is 71.1 Å².